The van der Waals surface area contributed by atoms with Crippen LogP contribution in [0.3, 0.4) is 0 Å². The van der Waals surface area contributed by atoms with Gasteiger partial charge in [0.05, 0.1) is 0 Å². The van der Waals surface area contributed by atoms with Crippen LogP contribution in [0.4, 0.5) is 0 Å². The predicted molar refractivity (Wildman–Crippen MR) is 63.7 cm³/mol. The Hall–Kier alpha value is 0.0500. The SMILES string of the molecule is Cl.Clc1cc(Cl)cc([C@H]2CCCN2)c1. The van der Waals surface area contributed by atoms with Crippen molar-refractivity contribution < 1.29 is 0 Å². The fourth-order valence-corrected chi connectivity index (χ4v) is 2.29. The molecular weight excluding hydrogens is 240 g/mol. The van der Waals surface area contributed by atoms with E-state index < -0.39 is 0 Å². The molecular formula is C10H12Cl3N. The van der Waals surface area contributed by atoms with Gasteiger partial charge in [0.25, 0.3) is 0 Å². The van der Waals surface area contributed by atoms with E-state index in [0.717, 1.165) is 16.6 Å². The van der Waals surface area contributed by atoms with Crippen molar-refractivity contribution in [3.05, 3.63) is 33.8 Å². The molecule has 2 rings (SSSR count). The summed E-state index contributed by atoms with van der Waals surface area (Å²) >= 11 is 11.8. The quantitative estimate of drug-likeness (QED) is 0.801. The molecule has 1 aliphatic heterocycles. The molecule has 4 heteroatoms. The van der Waals surface area contributed by atoms with Gasteiger partial charge in [-0.2, -0.15) is 0 Å². The summed E-state index contributed by atoms with van der Waals surface area (Å²) in [6.07, 6.45) is 2.41. The average molecular weight is 253 g/mol. The molecule has 0 aliphatic carbocycles. The van der Waals surface area contributed by atoms with Crippen molar-refractivity contribution in [2.45, 2.75) is 18.9 Å². The maximum absolute atomic E-state index is 5.92. The third kappa shape index (κ3) is 2.77. The number of hydrogen-bond donors (Lipinski definition) is 1. The van der Waals surface area contributed by atoms with Crippen LogP contribution in [0, 0.1) is 0 Å². The zero-order chi connectivity index (χ0) is 9.26. The maximum Gasteiger partial charge on any atom is 0.0424 e. The molecule has 0 unspecified atom stereocenters. The second kappa shape index (κ2) is 5.22. The summed E-state index contributed by atoms with van der Waals surface area (Å²) in [5.74, 6) is 0. The number of rotatable bonds is 1. The summed E-state index contributed by atoms with van der Waals surface area (Å²) in [6.45, 7) is 1.09. The second-order valence-electron chi connectivity index (χ2n) is 3.35. The lowest BCUT2D eigenvalue weighted by molar-refractivity contribution is 0.648. The summed E-state index contributed by atoms with van der Waals surface area (Å²) < 4.78 is 0. The van der Waals surface area contributed by atoms with Crippen molar-refractivity contribution in [2.24, 2.45) is 0 Å². The maximum atomic E-state index is 5.92. The van der Waals surface area contributed by atoms with E-state index in [1.165, 1.54) is 18.4 Å². The summed E-state index contributed by atoms with van der Waals surface area (Å²) in [5, 5.41) is 4.85. The van der Waals surface area contributed by atoms with E-state index in [4.69, 9.17) is 23.2 Å². The minimum atomic E-state index is 0. The first kappa shape index (κ1) is 12.1. The zero-order valence-corrected chi connectivity index (χ0v) is 9.92. The Balaban J connectivity index is 0.000000980. The van der Waals surface area contributed by atoms with Gasteiger partial charge < -0.3 is 5.32 Å². The normalized spacial score (nSPS) is 20.6. The van der Waals surface area contributed by atoms with E-state index in [-0.39, 0.29) is 12.4 Å². The molecule has 1 aliphatic rings. The van der Waals surface area contributed by atoms with Crippen molar-refractivity contribution in [2.75, 3.05) is 6.54 Å². The molecule has 1 atom stereocenters. The molecule has 1 nitrogen and oxygen atoms in total. The largest absolute Gasteiger partial charge is 0.310 e. The first-order valence-electron chi connectivity index (χ1n) is 4.45. The van der Waals surface area contributed by atoms with Crippen molar-refractivity contribution in [1.29, 1.82) is 0 Å². The Bertz CT molecular complexity index is 288. The van der Waals surface area contributed by atoms with Gasteiger partial charge >= 0.3 is 0 Å². The lowest BCUT2D eigenvalue weighted by atomic mass is 10.1. The topological polar surface area (TPSA) is 12.0 Å². The molecule has 1 heterocycles. The van der Waals surface area contributed by atoms with Crippen LogP contribution in [0.1, 0.15) is 24.4 Å². The van der Waals surface area contributed by atoms with Crippen molar-refractivity contribution in [3.8, 4) is 0 Å². The predicted octanol–water partition coefficient (Wildman–Crippen LogP) is 3.84. The fourth-order valence-electron chi connectivity index (χ4n) is 1.75. The lowest BCUT2D eigenvalue weighted by Crippen LogP contribution is -2.12. The molecule has 1 fully saturated rings. The van der Waals surface area contributed by atoms with Crippen LogP contribution in [0.5, 0.6) is 0 Å². The Labute approximate surface area is 100 Å². The molecule has 0 spiro atoms. The highest BCUT2D eigenvalue weighted by atomic mass is 35.5. The molecule has 1 aromatic carbocycles. The molecule has 14 heavy (non-hydrogen) atoms. The van der Waals surface area contributed by atoms with Crippen molar-refractivity contribution in [1.82, 2.24) is 5.32 Å². The zero-order valence-electron chi connectivity index (χ0n) is 7.59. The molecule has 0 saturated carbocycles. The third-order valence-electron chi connectivity index (χ3n) is 2.35. The molecule has 0 amide bonds. The van der Waals surface area contributed by atoms with Gasteiger partial charge in [-0.05, 0) is 43.1 Å². The minimum absolute atomic E-state index is 0. The van der Waals surface area contributed by atoms with Gasteiger partial charge in [0, 0.05) is 16.1 Å². The van der Waals surface area contributed by atoms with Crippen LogP contribution < -0.4 is 5.32 Å². The van der Waals surface area contributed by atoms with E-state index in [9.17, 15) is 0 Å². The first-order valence-corrected chi connectivity index (χ1v) is 5.21. The summed E-state index contributed by atoms with van der Waals surface area (Å²) in [4.78, 5) is 0. The van der Waals surface area contributed by atoms with Crippen LogP contribution in [-0.4, -0.2) is 6.54 Å². The Morgan fingerprint density at radius 3 is 2.29 bits per heavy atom. The number of hydrogen-bond acceptors (Lipinski definition) is 1. The fraction of sp³-hybridized carbons (Fsp3) is 0.400. The third-order valence-corrected chi connectivity index (χ3v) is 2.78. The second-order valence-corrected chi connectivity index (χ2v) is 4.22. The molecule has 0 bridgehead atoms. The monoisotopic (exact) mass is 251 g/mol. The molecule has 1 N–H and O–H groups in total. The Morgan fingerprint density at radius 1 is 1.14 bits per heavy atom. The van der Waals surface area contributed by atoms with Gasteiger partial charge in [-0.1, -0.05) is 23.2 Å². The van der Waals surface area contributed by atoms with Gasteiger partial charge in [0.1, 0.15) is 0 Å². The highest BCUT2D eigenvalue weighted by Gasteiger charge is 2.16. The standard InChI is InChI=1S/C10H11Cl2N.ClH/c11-8-4-7(5-9(12)6-8)10-2-1-3-13-10;/h4-6,10,13H,1-3H2;1H/t10-;/m1./s1. The van der Waals surface area contributed by atoms with Crippen LogP contribution >= 0.6 is 35.6 Å². The van der Waals surface area contributed by atoms with Crippen LogP contribution in [0.2, 0.25) is 10.0 Å². The molecule has 1 saturated heterocycles. The van der Waals surface area contributed by atoms with E-state index in [0.29, 0.717) is 6.04 Å². The average Bonchev–Trinajstić information content (AvgIpc) is 2.53. The molecule has 0 aromatic heterocycles. The summed E-state index contributed by atoms with van der Waals surface area (Å²) in [7, 11) is 0. The number of benzene rings is 1. The molecule has 1 aromatic rings. The number of nitrogens with one attached hydrogen (secondary N) is 1. The Kier molecular flexibility index (Phi) is 4.52. The van der Waals surface area contributed by atoms with Crippen LogP contribution in [-0.2, 0) is 0 Å². The highest BCUT2D eigenvalue weighted by molar-refractivity contribution is 6.34. The highest BCUT2D eigenvalue weighted by Crippen LogP contribution is 2.28. The van der Waals surface area contributed by atoms with E-state index >= 15 is 0 Å². The Morgan fingerprint density at radius 2 is 1.79 bits per heavy atom. The van der Waals surface area contributed by atoms with E-state index in [2.05, 4.69) is 5.32 Å². The van der Waals surface area contributed by atoms with Crippen molar-refractivity contribution >= 4 is 35.6 Å². The minimum Gasteiger partial charge on any atom is -0.310 e. The van der Waals surface area contributed by atoms with Gasteiger partial charge in [0.15, 0.2) is 0 Å². The lowest BCUT2D eigenvalue weighted by Gasteiger charge is -2.11. The first-order chi connectivity index (χ1) is 6.25. The summed E-state index contributed by atoms with van der Waals surface area (Å²) in [5.41, 5.74) is 1.20. The van der Waals surface area contributed by atoms with Crippen LogP contribution in [0.15, 0.2) is 18.2 Å². The van der Waals surface area contributed by atoms with Gasteiger partial charge in [0.2, 0.25) is 0 Å². The van der Waals surface area contributed by atoms with Crippen LogP contribution in [0.25, 0.3) is 0 Å². The molecule has 78 valence electrons. The summed E-state index contributed by atoms with van der Waals surface area (Å²) in [6, 6.07) is 6.17. The smallest absolute Gasteiger partial charge is 0.0424 e. The molecule has 0 radical (unpaired) electrons. The number of halogens is 3. The van der Waals surface area contributed by atoms with Gasteiger partial charge in [-0.25, -0.2) is 0 Å². The van der Waals surface area contributed by atoms with Crippen molar-refractivity contribution in [3.63, 3.8) is 0 Å². The van der Waals surface area contributed by atoms with Gasteiger partial charge in [-0.3, -0.25) is 0 Å². The van der Waals surface area contributed by atoms with E-state index in [1.54, 1.807) is 6.07 Å². The van der Waals surface area contributed by atoms with E-state index in [1.807, 2.05) is 12.1 Å². The van der Waals surface area contributed by atoms with Gasteiger partial charge in [-0.15, -0.1) is 12.4 Å².